The van der Waals surface area contributed by atoms with Crippen molar-refractivity contribution in [3.8, 4) is 11.5 Å². The average molecular weight is 397 g/mol. The van der Waals surface area contributed by atoms with Crippen molar-refractivity contribution in [2.24, 2.45) is 0 Å². The first-order chi connectivity index (χ1) is 14.0. The van der Waals surface area contributed by atoms with Crippen LogP contribution in [0.5, 0.6) is 11.5 Å². The number of non-ortho nitro benzene ring substituents is 1. The molecule has 0 bridgehead atoms. The molecule has 0 unspecified atom stereocenters. The van der Waals surface area contributed by atoms with E-state index in [0.29, 0.717) is 37.7 Å². The van der Waals surface area contributed by atoms with Gasteiger partial charge in [-0.2, -0.15) is 0 Å². The van der Waals surface area contributed by atoms with Gasteiger partial charge in [0.05, 0.1) is 19.1 Å². The molecule has 8 heteroatoms. The monoisotopic (exact) mass is 397 g/mol. The molecule has 8 nitrogen and oxygen atoms in total. The van der Waals surface area contributed by atoms with Crippen LogP contribution in [0.3, 0.4) is 0 Å². The molecule has 1 amide bonds. The molecule has 0 N–H and O–H groups in total. The summed E-state index contributed by atoms with van der Waals surface area (Å²) in [6.07, 6.45) is 3.30. The number of carbonyl (C=O) groups excluding carboxylic acids is 1. The van der Waals surface area contributed by atoms with E-state index in [1.165, 1.54) is 12.1 Å². The minimum absolute atomic E-state index is 0.0601. The number of ether oxygens (including phenoxy) is 2. The average Bonchev–Trinajstić information content (AvgIpc) is 2.77. The zero-order chi connectivity index (χ0) is 20.8. The number of nitrogens with zero attached hydrogens (tertiary/aromatic N) is 3. The second kappa shape index (κ2) is 9.09. The van der Waals surface area contributed by atoms with E-state index in [-0.39, 0.29) is 11.6 Å². The lowest BCUT2D eigenvalue weighted by molar-refractivity contribution is -0.384. The molecule has 1 saturated heterocycles. The van der Waals surface area contributed by atoms with Gasteiger partial charge in [0.2, 0.25) is 5.91 Å². The summed E-state index contributed by atoms with van der Waals surface area (Å²) in [4.78, 5) is 26.8. The minimum Gasteiger partial charge on any atom is -0.497 e. The van der Waals surface area contributed by atoms with Crippen LogP contribution in [-0.4, -0.2) is 56.1 Å². The largest absolute Gasteiger partial charge is 0.497 e. The number of nitro groups is 1. The number of hydrogen-bond donors (Lipinski definition) is 0. The Hall–Kier alpha value is -3.55. The number of methoxy groups -OCH3 is 2. The van der Waals surface area contributed by atoms with Gasteiger partial charge in [0.1, 0.15) is 11.5 Å². The summed E-state index contributed by atoms with van der Waals surface area (Å²) in [5.74, 6) is 1.26. The fraction of sp³-hybridized carbons (Fsp3) is 0.286. The summed E-state index contributed by atoms with van der Waals surface area (Å²) in [5, 5.41) is 10.8. The molecule has 0 spiro atoms. The van der Waals surface area contributed by atoms with Crippen LogP contribution in [0, 0.1) is 10.1 Å². The summed E-state index contributed by atoms with van der Waals surface area (Å²) >= 11 is 0. The molecule has 0 saturated carbocycles. The normalized spacial score (nSPS) is 14.1. The number of hydrogen-bond acceptors (Lipinski definition) is 6. The zero-order valence-corrected chi connectivity index (χ0v) is 16.4. The van der Waals surface area contributed by atoms with Crippen molar-refractivity contribution >= 4 is 23.4 Å². The first-order valence-electron chi connectivity index (χ1n) is 9.19. The minimum atomic E-state index is -0.412. The van der Waals surface area contributed by atoms with Crippen molar-refractivity contribution in [3.63, 3.8) is 0 Å². The Labute approximate surface area is 169 Å². The third-order valence-corrected chi connectivity index (χ3v) is 4.81. The lowest BCUT2D eigenvalue weighted by Crippen LogP contribution is -2.48. The maximum Gasteiger partial charge on any atom is 0.269 e. The molecule has 152 valence electrons. The van der Waals surface area contributed by atoms with E-state index in [9.17, 15) is 14.9 Å². The first-order valence-corrected chi connectivity index (χ1v) is 9.19. The Morgan fingerprint density at radius 2 is 1.59 bits per heavy atom. The number of anilines is 1. The number of amides is 1. The molecule has 1 heterocycles. The number of rotatable bonds is 6. The van der Waals surface area contributed by atoms with E-state index in [1.54, 1.807) is 49.5 Å². The molecule has 2 aromatic rings. The van der Waals surface area contributed by atoms with Crippen molar-refractivity contribution < 1.29 is 19.2 Å². The van der Waals surface area contributed by atoms with Gasteiger partial charge in [-0.15, -0.1) is 0 Å². The van der Waals surface area contributed by atoms with E-state index in [0.717, 1.165) is 11.3 Å². The van der Waals surface area contributed by atoms with Crippen LogP contribution >= 0.6 is 0 Å². The van der Waals surface area contributed by atoms with Gasteiger partial charge in [-0.05, 0) is 35.9 Å². The predicted molar refractivity (Wildman–Crippen MR) is 110 cm³/mol. The lowest BCUT2D eigenvalue weighted by atomic mass is 10.1. The molecule has 1 aliphatic rings. The van der Waals surface area contributed by atoms with E-state index in [1.807, 2.05) is 12.1 Å². The molecule has 29 heavy (non-hydrogen) atoms. The summed E-state index contributed by atoms with van der Waals surface area (Å²) in [5.41, 5.74) is 1.81. The van der Waals surface area contributed by atoms with Crippen molar-refractivity contribution in [2.75, 3.05) is 45.3 Å². The van der Waals surface area contributed by atoms with Crippen LogP contribution in [0.4, 0.5) is 11.4 Å². The van der Waals surface area contributed by atoms with E-state index >= 15 is 0 Å². The molecule has 1 aliphatic heterocycles. The fourth-order valence-corrected chi connectivity index (χ4v) is 3.17. The van der Waals surface area contributed by atoms with Gasteiger partial charge in [-0.25, -0.2) is 0 Å². The van der Waals surface area contributed by atoms with E-state index in [2.05, 4.69) is 4.90 Å². The molecular weight excluding hydrogens is 374 g/mol. The fourth-order valence-electron chi connectivity index (χ4n) is 3.17. The topological polar surface area (TPSA) is 85.2 Å². The van der Waals surface area contributed by atoms with Gasteiger partial charge < -0.3 is 19.3 Å². The van der Waals surface area contributed by atoms with Crippen molar-refractivity contribution in [2.45, 2.75) is 0 Å². The van der Waals surface area contributed by atoms with Crippen LogP contribution in [0.1, 0.15) is 5.56 Å². The highest BCUT2D eigenvalue weighted by Crippen LogP contribution is 2.24. The quantitative estimate of drug-likeness (QED) is 0.423. The highest BCUT2D eigenvalue weighted by molar-refractivity contribution is 5.92. The maximum atomic E-state index is 12.5. The highest BCUT2D eigenvalue weighted by Gasteiger charge is 2.20. The molecule has 1 fully saturated rings. The van der Waals surface area contributed by atoms with Crippen LogP contribution < -0.4 is 14.4 Å². The summed E-state index contributed by atoms with van der Waals surface area (Å²) in [6.45, 7) is 2.51. The SMILES string of the molecule is COc1cc(/C=C/C(=O)N2CCN(c3ccc([N+](=O)[O-])cc3)CC2)cc(OC)c1. The molecule has 3 rings (SSSR count). The highest BCUT2D eigenvalue weighted by atomic mass is 16.6. The Kier molecular flexibility index (Phi) is 6.33. The van der Waals surface area contributed by atoms with Gasteiger partial charge >= 0.3 is 0 Å². The van der Waals surface area contributed by atoms with Crippen LogP contribution in [0.15, 0.2) is 48.5 Å². The van der Waals surface area contributed by atoms with Crippen LogP contribution in [0.2, 0.25) is 0 Å². The number of benzene rings is 2. The van der Waals surface area contributed by atoms with Crippen LogP contribution in [-0.2, 0) is 4.79 Å². The van der Waals surface area contributed by atoms with Crippen LogP contribution in [0.25, 0.3) is 6.08 Å². The molecule has 2 aromatic carbocycles. The predicted octanol–water partition coefficient (Wildman–Crippen LogP) is 2.97. The lowest BCUT2D eigenvalue weighted by Gasteiger charge is -2.35. The Balaban J connectivity index is 1.58. The Morgan fingerprint density at radius 1 is 1.00 bits per heavy atom. The van der Waals surface area contributed by atoms with Crippen molar-refractivity contribution in [1.82, 2.24) is 4.90 Å². The molecule has 0 aromatic heterocycles. The summed E-state index contributed by atoms with van der Waals surface area (Å²) in [6, 6.07) is 11.9. The molecule has 0 aliphatic carbocycles. The van der Waals surface area contributed by atoms with E-state index < -0.39 is 4.92 Å². The summed E-state index contributed by atoms with van der Waals surface area (Å²) < 4.78 is 10.5. The van der Waals surface area contributed by atoms with E-state index in [4.69, 9.17) is 9.47 Å². The second-order valence-corrected chi connectivity index (χ2v) is 6.57. The summed E-state index contributed by atoms with van der Waals surface area (Å²) in [7, 11) is 3.16. The standard InChI is InChI=1S/C21H23N3O5/c1-28-19-13-16(14-20(15-19)29-2)3-8-21(25)23-11-9-22(10-12-23)17-4-6-18(7-5-17)24(26)27/h3-8,13-15H,9-12H2,1-2H3/b8-3+. The van der Waals surface area contributed by atoms with Gasteiger partial charge in [0.15, 0.2) is 0 Å². The molecular formula is C21H23N3O5. The van der Waals surface area contributed by atoms with Gasteiger partial charge in [0, 0.05) is 56.1 Å². The third kappa shape index (κ3) is 5.04. The zero-order valence-electron chi connectivity index (χ0n) is 16.4. The first kappa shape index (κ1) is 20.2. The van der Waals surface area contributed by atoms with Crippen molar-refractivity contribution in [1.29, 1.82) is 0 Å². The number of carbonyl (C=O) groups is 1. The maximum absolute atomic E-state index is 12.5. The van der Waals surface area contributed by atoms with Gasteiger partial charge in [-0.3, -0.25) is 14.9 Å². The number of nitro benzene ring substituents is 1. The number of piperazine rings is 1. The molecule has 0 atom stereocenters. The molecule has 0 radical (unpaired) electrons. The Morgan fingerprint density at radius 3 is 2.10 bits per heavy atom. The third-order valence-electron chi connectivity index (χ3n) is 4.81. The Bertz CT molecular complexity index is 881. The van der Waals surface area contributed by atoms with Gasteiger partial charge in [0.25, 0.3) is 5.69 Å². The smallest absolute Gasteiger partial charge is 0.269 e. The second-order valence-electron chi connectivity index (χ2n) is 6.57. The van der Waals surface area contributed by atoms with Gasteiger partial charge in [-0.1, -0.05) is 0 Å². The van der Waals surface area contributed by atoms with Crippen molar-refractivity contribution in [3.05, 3.63) is 64.2 Å².